The maximum atomic E-state index is 5.50. The lowest BCUT2D eigenvalue weighted by Crippen LogP contribution is -2.34. The minimum absolute atomic E-state index is 0.0190. The highest BCUT2D eigenvalue weighted by atomic mass is 16.6. The Labute approximate surface area is 98.4 Å². The molecule has 0 aromatic carbocycles. The maximum Gasteiger partial charge on any atom is 0.246 e. The number of aromatic nitrogens is 2. The van der Waals surface area contributed by atoms with Crippen LogP contribution in [0.5, 0.6) is 0 Å². The Balaban J connectivity index is 1.68. The minimum Gasteiger partial charge on any atom is -0.378 e. The van der Waals surface area contributed by atoms with Gasteiger partial charge < -0.3 is 24.1 Å². The second kappa shape index (κ2) is 5.09. The molecule has 7 nitrogen and oxygen atoms in total. The molecule has 2 aliphatic rings. The van der Waals surface area contributed by atoms with Crippen LogP contribution in [-0.2, 0) is 14.2 Å². The van der Waals surface area contributed by atoms with Gasteiger partial charge in [0.05, 0.1) is 33.0 Å². The summed E-state index contributed by atoms with van der Waals surface area (Å²) in [5, 5.41) is 7.19. The van der Waals surface area contributed by atoms with Crippen molar-refractivity contribution in [2.45, 2.75) is 12.1 Å². The third-order valence-corrected chi connectivity index (χ3v) is 2.78. The lowest BCUT2D eigenvalue weighted by molar-refractivity contribution is -0.0941. The minimum atomic E-state index is -0.217. The highest BCUT2D eigenvalue weighted by Crippen LogP contribution is 2.20. The van der Waals surface area contributed by atoms with Crippen LogP contribution in [0.1, 0.15) is 23.9 Å². The van der Waals surface area contributed by atoms with E-state index < -0.39 is 0 Å². The Morgan fingerprint density at radius 2 is 2.06 bits per heavy atom. The molecule has 2 unspecified atom stereocenters. The fourth-order valence-electron chi connectivity index (χ4n) is 1.88. The van der Waals surface area contributed by atoms with E-state index in [0.717, 1.165) is 13.2 Å². The van der Waals surface area contributed by atoms with Crippen LogP contribution in [0.4, 0.5) is 0 Å². The lowest BCUT2D eigenvalue weighted by Gasteiger charge is -2.21. The third kappa shape index (κ3) is 2.47. The summed E-state index contributed by atoms with van der Waals surface area (Å²) < 4.78 is 21.4. The van der Waals surface area contributed by atoms with Crippen LogP contribution in [0.2, 0.25) is 0 Å². The van der Waals surface area contributed by atoms with E-state index in [2.05, 4.69) is 15.5 Å². The van der Waals surface area contributed by atoms with Crippen molar-refractivity contribution in [3.8, 4) is 0 Å². The second-order valence-corrected chi connectivity index (χ2v) is 4.01. The third-order valence-electron chi connectivity index (χ3n) is 2.78. The van der Waals surface area contributed by atoms with Crippen LogP contribution >= 0.6 is 0 Å². The smallest absolute Gasteiger partial charge is 0.246 e. The van der Waals surface area contributed by atoms with E-state index in [1.807, 2.05) is 0 Å². The van der Waals surface area contributed by atoms with Gasteiger partial charge in [-0.2, -0.15) is 4.98 Å². The first-order valence-corrected chi connectivity index (χ1v) is 5.77. The summed E-state index contributed by atoms with van der Waals surface area (Å²) in [5.74, 6) is 1.10. The Morgan fingerprint density at radius 3 is 2.82 bits per heavy atom. The predicted molar refractivity (Wildman–Crippen MR) is 55.4 cm³/mol. The molecular formula is C10H15N3O4. The van der Waals surface area contributed by atoms with Crippen LogP contribution in [0.3, 0.4) is 0 Å². The molecule has 17 heavy (non-hydrogen) atoms. The Bertz CT molecular complexity index is 326. The topological polar surface area (TPSA) is 78.6 Å². The van der Waals surface area contributed by atoms with Crippen molar-refractivity contribution in [2.75, 3.05) is 39.6 Å². The van der Waals surface area contributed by atoms with Crippen molar-refractivity contribution in [1.82, 2.24) is 15.5 Å². The molecule has 0 bridgehead atoms. The summed E-state index contributed by atoms with van der Waals surface area (Å²) in [6.07, 6.45) is -0.217. The SMILES string of the molecule is C1COCC(c2nc(C3COCCO3)no2)N1. The Hall–Kier alpha value is -1.02. The van der Waals surface area contributed by atoms with Crippen LogP contribution in [0.25, 0.3) is 0 Å². The summed E-state index contributed by atoms with van der Waals surface area (Å²) in [4.78, 5) is 4.33. The quantitative estimate of drug-likeness (QED) is 0.769. The lowest BCUT2D eigenvalue weighted by atomic mass is 10.3. The number of nitrogens with one attached hydrogen (secondary N) is 1. The predicted octanol–water partition coefficient (Wildman–Crippen LogP) is -0.182. The molecule has 1 aromatic heterocycles. The van der Waals surface area contributed by atoms with E-state index in [9.17, 15) is 0 Å². The zero-order valence-electron chi connectivity index (χ0n) is 9.42. The van der Waals surface area contributed by atoms with Crippen molar-refractivity contribution in [3.63, 3.8) is 0 Å². The fraction of sp³-hybridized carbons (Fsp3) is 0.800. The number of hydrogen-bond donors (Lipinski definition) is 1. The molecule has 2 fully saturated rings. The van der Waals surface area contributed by atoms with Gasteiger partial charge in [-0.15, -0.1) is 0 Å². The zero-order chi connectivity index (χ0) is 11.5. The molecule has 7 heteroatoms. The molecule has 3 rings (SSSR count). The summed E-state index contributed by atoms with van der Waals surface area (Å²) in [6.45, 7) is 3.75. The van der Waals surface area contributed by atoms with Crippen LogP contribution in [0.15, 0.2) is 4.52 Å². The van der Waals surface area contributed by atoms with E-state index in [4.69, 9.17) is 18.7 Å². The van der Waals surface area contributed by atoms with E-state index in [1.165, 1.54) is 0 Å². The summed E-state index contributed by atoms with van der Waals surface area (Å²) in [5.41, 5.74) is 0. The van der Waals surface area contributed by atoms with E-state index in [1.54, 1.807) is 0 Å². The molecule has 0 amide bonds. The molecule has 1 N–H and O–H groups in total. The highest BCUT2D eigenvalue weighted by molar-refractivity contribution is 4.97. The van der Waals surface area contributed by atoms with E-state index in [-0.39, 0.29) is 12.1 Å². The first-order chi connectivity index (χ1) is 8.43. The first kappa shape index (κ1) is 11.1. The Kier molecular flexibility index (Phi) is 3.32. The average Bonchev–Trinajstić information content (AvgIpc) is 2.90. The second-order valence-electron chi connectivity index (χ2n) is 4.01. The molecule has 0 aliphatic carbocycles. The molecule has 0 saturated carbocycles. The van der Waals surface area contributed by atoms with Gasteiger partial charge in [0, 0.05) is 6.54 Å². The maximum absolute atomic E-state index is 5.50. The molecule has 0 radical (unpaired) electrons. The van der Waals surface area contributed by atoms with Crippen molar-refractivity contribution >= 4 is 0 Å². The number of morpholine rings is 1. The van der Waals surface area contributed by atoms with Crippen molar-refractivity contribution in [3.05, 3.63) is 11.7 Å². The van der Waals surface area contributed by atoms with Gasteiger partial charge in [0.15, 0.2) is 0 Å². The van der Waals surface area contributed by atoms with Crippen molar-refractivity contribution in [1.29, 1.82) is 0 Å². The molecule has 2 saturated heterocycles. The zero-order valence-corrected chi connectivity index (χ0v) is 9.42. The summed E-state index contributed by atoms with van der Waals surface area (Å²) in [7, 11) is 0. The molecule has 2 aliphatic heterocycles. The largest absolute Gasteiger partial charge is 0.378 e. The van der Waals surface area contributed by atoms with Gasteiger partial charge in [0.25, 0.3) is 0 Å². The van der Waals surface area contributed by atoms with Gasteiger partial charge in [0.2, 0.25) is 11.7 Å². The molecular weight excluding hydrogens is 226 g/mol. The molecule has 0 spiro atoms. The number of ether oxygens (including phenoxy) is 3. The van der Waals surface area contributed by atoms with E-state index in [0.29, 0.717) is 38.1 Å². The normalized spacial score (nSPS) is 30.4. The van der Waals surface area contributed by atoms with Crippen molar-refractivity contribution < 1.29 is 18.7 Å². The average molecular weight is 241 g/mol. The monoisotopic (exact) mass is 241 g/mol. The standard InChI is InChI=1S/C10H15N3O4/c1-2-14-5-7(11-1)10-12-9(13-17-10)8-6-15-3-4-16-8/h7-8,11H,1-6H2. The molecule has 1 aromatic rings. The Morgan fingerprint density at radius 1 is 1.12 bits per heavy atom. The van der Waals surface area contributed by atoms with E-state index >= 15 is 0 Å². The van der Waals surface area contributed by atoms with Crippen molar-refractivity contribution in [2.24, 2.45) is 0 Å². The van der Waals surface area contributed by atoms with Gasteiger partial charge >= 0.3 is 0 Å². The summed E-state index contributed by atoms with van der Waals surface area (Å²) in [6, 6.07) is -0.0190. The van der Waals surface area contributed by atoms with Crippen LogP contribution in [-0.4, -0.2) is 49.7 Å². The summed E-state index contributed by atoms with van der Waals surface area (Å²) >= 11 is 0. The highest BCUT2D eigenvalue weighted by Gasteiger charge is 2.26. The van der Waals surface area contributed by atoms with Crippen LogP contribution < -0.4 is 5.32 Å². The fourth-order valence-corrected chi connectivity index (χ4v) is 1.88. The number of nitrogens with zero attached hydrogens (tertiary/aromatic N) is 2. The molecule has 3 heterocycles. The van der Waals surface area contributed by atoms with Gasteiger partial charge in [0.1, 0.15) is 12.1 Å². The van der Waals surface area contributed by atoms with Gasteiger partial charge in [-0.25, -0.2) is 0 Å². The number of hydrogen-bond acceptors (Lipinski definition) is 7. The molecule has 94 valence electrons. The first-order valence-electron chi connectivity index (χ1n) is 5.77. The van der Waals surface area contributed by atoms with Gasteiger partial charge in [-0.3, -0.25) is 0 Å². The molecule has 2 atom stereocenters. The number of rotatable bonds is 2. The van der Waals surface area contributed by atoms with Gasteiger partial charge in [-0.05, 0) is 0 Å². The van der Waals surface area contributed by atoms with Gasteiger partial charge in [-0.1, -0.05) is 5.16 Å². The van der Waals surface area contributed by atoms with Crippen LogP contribution in [0, 0.1) is 0 Å².